The Hall–Kier alpha value is -3.74. The van der Waals surface area contributed by atoms with Gasteiger partial charge in [-0.05, 0) is 54.7 Å². The summed E-state index contributed by atoms with van der Waals surface area (Å²) >= 11 is 0. The summed E-state index contributed by atoms with van der Waals surface area (Å²) in [4.78, 5) is 11.9. The molecule has 0 atom stereocenters. The van der Waals surface area contributed by atoms with Gasteiger partial charge in [-0.2, -0.15) is 0 Å². The number of piperidine rings is 1. The number of methoxy groups -OCH3 is 2. The third-order valence-electron chi connectivity index (χ3n) is 6.19. The Morgan fingerprint density at radius 1 is 0.938 bits per heavy atom. The molecule has 7 heteroatoms. The van der Waals surface area contributed by atoms with Crippen LogP contribution in [0.4, 0.5) is 5.95 Å². The summed E-state index contributed by atoms with van der Waals surface area (Å²) in [6.45, 7) is 1.81. The number of fused-ring (bicyclic) bond motifs is 1. The maximum absolute atomic E-state index is 9.57. The molecule has 0 spiro atoms. The second-order valence-electron chi connectivity index (χ2n) is 8.02. The molecule has 164 valence electrons. The van der Waals surface area contributed by atoms with E-state index in [4.69, 9.17) is 14.5 Å². The maximum Gasteiger partial charge on any atom is 0.211 e. The Bertz CT molecular complexity index is 1230. The summed E-state index contributed by atoms with van der Waals surface area (Å²) in [5, 5.41) is 9.57. The smallest absolute Gasteiger partial charge is 0.211 e. The molecule has 5 rings (SSSR count). The molecule has 2 aromatic heterocycles. The van der Waals surface area contributed by atoms with Crippen molar-refractivity contribution in [3.05, 3.63) is 66.5 Å². The van der Waals surface area contributed by atoms with Crippen molar-refractivity contribution in [3.8, 4) is 28.5 Å². The topological polar surface area (TPSA) is 72.1 Å². The monoisotopic (exact) mass is 430 g/mol. The number of hydrogen-bond acceptors (Lipinski definition) is 6. The van der Waals surface area contributed by atoms with Gasteiger partial charge in [0.15, 0.2) is 11.5 Å². The first-order chi connectivity index (χ1) is 15.7. The van der Waals surface area contributed by atoms with Crippen molar-refractivity contribution in [2.75, 3.05) is 32.2 Å². The van der Waals surface area contributed by atoms with Crippen LogP contribution in [-0.4, -0.2) is 46.8 Å². The average Bonchev–Trinajstić information content (AvgIpc) is 3.32. The quantitative estimate of drug-likeness (QED) is 0.503. The molecule has 1 saturated heterocycles. The predicted molar refractivity (Wildman–Crippen MR) is 124 cm³/mol. The van der Waals surface area contributed by atoms with Gasteiger partial charge >= 0.3 is 0 Å². The summed E-state index contributed by atoms with van der Waals surface area (Å²) in [6.07, 6.45) is 5.83. The number of hydrogen-bond donors (Lipinski definition) is 1. The van der Waals surface area contributed by atoms with Gasteiger partial charge in [-0.15, -0.1) is 0 Å². The molecule has 0 amide bonds. The first-order valence-electron chi connectivity index (χ1n) is 10.8. The van der Waals surface area contributed by atoms with Crippen LogP contribution in [0.5, 0.6) is 17.2 Å². The lowest BCUT2D eigenvalue weighted by molar-refractivity contribution is 0.355. The average molecular weight is 431 g/mol. The zero-order valence-electron chi connectivity index (χ0n) is 18.2. The molecule has 1 aliphatic rings. The van der Waals surface area contributed by atoms with Gasteiger partial charge in [-0.1, -0.05) is 12.1 Å². The SMILES string of the molecule is COc1ccc(-c2cc3nccn3c(N3CCC(c4ccc(O)cc4)CC3)n2)cc1OC. The fraction of sp³-hybridized carbons (Fsp3) is 0.280. The van der Waals surface area contributed by atoms with Crippen LogP contribution in [0.2, 0.25) is 0 Å². The number of phenols is 1. The fourth-order valence-electron chi connectivity index (χ4n) is 4.43. The van der Waals surface area contributed by atoms with E-state index in [-0.39, 0.29) is 0 Å². The van der Waals surface area contributed by atoms with Crippen molar-refractivity contribution in [2.45, 2.75) is 18.8 Å². The van der Waals surface area contributed by atoms with Crippen molar-refractivity contribution in [1.29, 1.82) is 0 Å². The molecule has 0 aliphatic carbocycles. The molecule has 0 unspecified atom stereocenters. The standard InChI is InChI=1S/C25H26N4O3/c1-31-22-8-5-19(15-23(22)32-2)21-16-24-26-11-14-29(24)25(27-21)28-12-9-18(10-13-28)17-3-6-20(30)7-4-17/h3-8,11,14-16,18,30H,9-10,12-13H2,1-2H3. The highest BCUT2D eigenvalue weighted by molar-refractivity contribution is 5.69. The molecule has 1 N–H and O–H groups in total. The Balaban J connectivity index is 1.45. The van der Waals surface area contributed by atoms with Gasteiger partial charge in [-0.3, -0.25) is 4.40 Å². The molecular formula is C25H26N4O3. The predicted octanol–water partition coefficient (Wildman–Crippen LogP) is 4.50. The first-order valence-corrected chi connectivity index (χ1v) is 10.8. The molecule has 1 aliphatic heterocycles. The van der Waals surface area contributed by atoms with E-state index in [0.717, 1.165) is 48.8 Å². The van der Waals surface area contributed by atoms with Crippen molar-refractivity contribution >= 4 is 11.6 Å². The molecular weight excluding hydrogens is 404 g/mol. The summed E-state index contributed by atoms with van der Waals surface area (Å²) < 4.78 is 12.9. The Kier molecular flexibility index (Phi) is 5.31. The Morgan fingerprint density at radius 2 is 1.69 bits per heavy atom. The maximum atomic E-state index is 9.57. The minimum absolute atomic E-state index is 0.310. The van der Waals surface area contributed by atoms with Gasteiger partial charge in [0.2, 0.25) is 5.95 Å². The van der Waals surface area contributed by atoms with Crippen LogP contribution in [0.25, 0.3) is 16.9 Å². The number of ether oxygens (including phenoxy) is 2. The molecule has 4 aromatic rings. The number of benzene rings is 2. The highest BCUT2D eigenvalue weighted by atomic mass is 16.5. The number of anilines is 1. The van der Waals surface area contributed by atoms with Crippen LogP contribution in [0.15, 0.2) is 60.9 Å². The van der Waals surface area contributed by atoms with E-state index in [1.807, 2.05) is 53.2 Å². The second-order valence-corrected chi connectivity index (χ2v) is 8.02. The third kappa shape index (κ3) is 3.70. The minimum atomic E-state index is 0.310. The zero-order valence-corrected chi connectivity index (χ0v) is 18.2. The van der Waals surface area contributed by atoms with Crippen molar-refractivity contribution in [3.63, 3.8) is 0 Å². The molecule has 32 heavy (non-hydrogen) atoms. The van der Waals surface area contributed by atoms with Gasteiger partial charge in [0.25, 0.3) is 0 Å². The van der Waals surface area contributed by atoms with E-state index in [1.54, 1.807) is 26.4 Å². The van der Waals surface area contributed by atoms with Crippen LogP contribution >= 0.6 is 0 Å². The summed E-state index contributed by atoms with van der Waals surface area (Å²) in [5.74, 6) is 3.05. The zero-order chi connectivity index (χ0) is 22.1. The van der Waals surface area contributed by atoms with Gasteiger partial charge in [0, 0.05) is 37.1 Å². The summed E-state index contributed by atoms with van der Waals surface area (Å²) in [6, 6.07) is 15.4. The van der Waals surface area contributed by atoms with E-state index < -0.39 is 0 Å². The lowest BCUT2D eigenvalue weighted by Crippen LogP contribution is -2.34. The highest BCUT2D eigenvalue weighted by Crippen LogP contribution is 2.34. The van der Waals surface area contributed by atoms with Crippen LogP contribution in [0.3, 0.4) is 0 Å². The molecule has 2 aromatic carbocycles. The molecule has 0 saturated carbocycles. The Labute approximate surface area is 186 Å². The number of imidazole rings is 1. The fourth-order valence-corrected chi connectivity index (χ4v) is 4.43. The van der Waals surface area contributed by atoms with Crippen LogP contribution in [0, 0.1) is 0 Å². The number of rotatable bonds is 5. The number of nitrogens with zero attached hydrogens (tertiary/aromatic N) is 4. The first kappa shape index (κ1) is 20.2. The summed E-state index contributed by atoms with van der Waals surface area (Å²) in [5.41, 5.74) is 3.94. The van der Waals surface area contributed by atoms with Gasteiger partial charge in [0.1, 0.15) is 11.4 Å². The number of phenolic OH excluding ortho intramolecular Hbond substituents is 1. The van der Waals surface area contributed by atoms with Crippen LogP contribution in [-0.2, 0) is 0 Å². The van der Waals surface area contributed by atoms with Gasteiger partial charge < -0.3 is 19.5 Å². The highest BCUT2D eigenvalue weighted by Gasteiger charge is 2.24. The third-order valence-corrected chi connectivity index (χ3v) is 6.19. The second kappa shape index (κ2) is 8.42. The summed E-state index contributed by atoms with van der Waals surface area (Å²) in [7, 11) is 3.27. The van der Waals surface area contributed by atoms with E-state index in [2.05, 4.69) is 9.88 Å². The van der Waals surface area contributed by atoms with E-state index in [1.165, 1.54) is 5.56 Å². The van der Waals surface area contributed by atoms with Crippen LogP contribution < -0.4 is 14.4 Å². The molecule has 1 fully saturated rings. The van der Waals surface area contributed by atoms with E-state index in [0.29, 0.717) is 23.2 Å². The lowest BCUT2D eigenvalue weighted by atomic mass is 9.89. The number of aromatic hydroxyl groups is 1. The van der Waals surface area contributed by atoms with Crippen molar-refractivity contribution in [1.82, 2.24) is 14.4 Å². The van der Waals surface area contributed by atoms with Crippen molar-refractivity contribution < 1.29 is 14.6 Å². The largest absolute Gasteiger partial charge is 0.508 e. The number of aromatic nitrogens is 3. The molecule has 0 radical (unpaired) electrons. The normalized spacial score (nSPS) is 14.6. The van der Waals surface area contributed by atoms with Crippen molar-refractivity contribution in [2.24, 2.45) is 0 Å². The molecule has 3 heterocycles. The van der Waals surface area contributed by atoms with Gasteiger partial charge in [0.05, 0.1) is 19.9 Å². The van der Waals surface area contributed by atoms with Crippen LogP contribution in [0.1, 0.15) is 24.3 Å². The molecule has 0 bridgehead atoms. The van der Waals surface area contributed by atoms with E-state index >= 15 is 0 Å². The molecule has 7 nitrogen and oxygen atoms in total. The Morgan fingerprint density at radius 3 is 2.41 bits per heavy atom. The van der Waals surface area contributed by atoms with Gasteiger partial charge in [-0.25, -0.2) is 9.97 Å². The lowest BCUT2D eigenvalue weighted by Gasteiger charge is -2.33. The van der Waals surface area contributed by atoms with E-state index in [9.17, 15) is 5.11 Å². The minimum Gasteiger partial charge on any atom is -0.508 e.